The van der Waals surface area contributed by atoms with Crippen molar-refractivity contribution in [2.45, 2.75) is 34.0 Å². The van der Waals surface area contributed by atoms with Crippen molar-refractivity contribution < 1.29 is 30.6 Å². The molecule has 0 radical (unpaired) electrons. The second-order valence-electron chi connectivity index (χ2n) is 5.27. The van der Waals surface area contributed by atoms with Gasteiger partial charge in [-0.25, -0.2) is 0 Å². The quantitative estimate of drug-likeness (QED) is 0.471. The van der Waals surface area contributed by atoms with Crippen LogP contribution in [0.5, 0.6) is 23.0 Å². The highest BCUT2D eigenvalue weighted by atomic mass is 16.3. The molecule has 0 aliphatic carbocycles. The van der Waals surface area contributed by atoms with Crippen LogP contribution in [0.1, 0.15) is 27.8 Å². The average molecular weight is 322 g/mol. The summed E-state index contributed by atoms with van der Waals surface area (Å²) in [6, 6.07) is 4.54. The summed E-state index contributed by atoms with van der Waals surface area (Å²) in [5.74, 6) is -0.824. The van der Waals surface area contributed by atoms with Crippen LogP contribution in [-0.2, 0) is 13.2 Å². The number of aliphatic hydroxyl groups is 2. The monoisotopic (exact) mass is 322 g/mol. The number of hydrogen-bond donors (Lipinski definition) is 6. The lowest BCUT2D eigenvalue weighted by Crippen LogP contribution is -1.92. The Labute approximate surface area is 134 Å². The maximum Gasteiger partial charge on any atom is 0.163 e. The predicted octanol–water partition coefficient (Wildman–Crippen LogP) is 2.11. The lowest BCUT2D eigenvalue weighted by atomic mass is 10.0. The van der Waals surface area contributed by atoms with Crippen LogP contribution in [0.4, 0.5) is 0 Å². The minimum Gasteiger partial charge on any atom is -0.504 e. The van der Waals surface area contributed by atoms with E-state index in [2.05, 4.69) is 0 Å². The van der Waals surface area contributed by atoms with Crippen LogP contribution in [0.15, 0.2) is 18.2 Å². The van der Waals surface area contributed by atoms with Gasteiger partial charge in [0, 0.05) is 11.1 Å². The van der Waals surface area contributed by atoms with Gasteiger partial charge in [0.05, 0.1) is 13.2 Å². The second-order valence-corrected chi connectivity index (χ2v) is 5.27. The fourth-order valence-electron chi connectivity index (χ4n) is 2.10. The van der Waals surface area contributed by atoms with Crippen molar-refractivity contribution in [1.29, 1.82) is 0 Å². The number of rotatable bonds is 2. The molecule has 6 heteroatoms. The zero-order valence-electron chi connectivity index (χ0n) is 13.3. The van der Waals surface area contributed by atoms with Gasteiger partial charge in [-0.05, 0) is 55.7 Å². The summed E-state index contributed by atoms with van der Waals surface area (Å²) in [7, 11) is 0. The third-order valence-corrected chi connectivity index (χ3v) is 3.57. The molecule has 0 spiro atoms. The van der Waals surface area contributed by atoms with Gasteiger partial charge >= 0.3 is 0 Å². The Kier molecular flexibility index (Phi) is 6.24. The van der Waals surface area contributed by atoms with Crippen molar-refractivity contribution in [3.8, 4) is 23.0 Å². The maximum absolute atomic E-state index is 9.29. The minimum atomic E-state index is -0.263. The van der Waals surface area contributed by atoms with E-state index in [1.165, 1.54) is 12.1 Å². The second kappa shape index (κ2) is 7.71. The third kappa shape index (κ3) is 4.28. The lowest BCUT2D eigenvalue weighted by Gasteiger charge is -2.09. The molecular weight excluding hydrogens is 300 g/mol. The van der Waals surface area contributed by atoms with Crippen LogP contribution < -0.4 is 0 Å². The van der Waals surface area contributed by atoms with E-state index in [9.17, 15) is 10.2 Å². The SMILES string of the molecule is Cc1cc(O)c(O)c(CO)c1.Cc1cc(O)c(O)c(CO)c1C. The lowest BCUT2D eigenvalue weighted by molar-refractivity contribution is 0.272. The Balaban J connectivity index is 0.000000231. The first-order chi connectivity index (χ1) is 10.7. The highest BCUT2D eigenvalue weighted by molar-refractivity contribution is 5.51. The molecule has 0 unspecified atom stereocenters. The first-order valence-corrected chi connectivity index (χ1v) is 6.97. The maximum atomic E-state index is 9.29. The van der Waals surface area contributed by atoms with Crippen molar-refractivity contribution in [2.24, 2.45) is 0 Å². The van der Waals surface area contributed by atoms with Gasteiger partial charge in [-0.2, -0.15) is 0 Å². The number of aliphatic hydroxyl groups excluding tert-OH is 2. The number of aromatic hydroxyl groups is 4. The first-order valence-electron chi connectivity index (χ1n) is 6.97. The van der Waals surface area contributed by atoms with E-state index in [-0.39, 0.29) is 36.2 Å². The van der Waals surface area contributed by atoms with E-state index in [0.717, 1.165) is 16.7 Å². The summed E-state index contributed by atoms with van der Waals surface area (Å²) in [6.45, 7) is 4.86. The number of benzene rings is 2. The van der Waals surface area contributed by atoms with Gasteiger partial charge in [0.15, 0.2) is 23.0 Å². The van der Waals surface area contributed by atoms with Gasteiger partial charge in [0.2, 0.25) is 0 Å². The number of phenolic OH excluding ortho intramolecular Hbond substituents is 2. The van der Waals surface area contributed by atoms with Gasteiger partial charge in [-0.1, -0.05) is 0 Å². The van der Waals surface area contributed by atoms with Crippen LogP contribution in [0.2, 0.25) is 0 Å². The Morgan fingerprint density at radius 1 is 0.739 bits per heavy atom. The molecule has 0 aliphatic rings. The van der Waals surface area contributed by atoms with Gasteiger partial charge in [-0.15, -0.1) is 0 Å². The molecule has 0 aliphatic heterocycles. The Bertz CT molecular complexity index is 668. The molecule has 0 bridgehead atoms. The van der Waals surface area contributed by atoms with Gasteiger partial charge in [0.25, 0.3) is 0 Å². The van der Waals surface area contributed by atoms with Crippen molar-refractivity contribution >= 4 is 0 Å². The van der Waals surface area contributed by atoms with E-state index in [4.69, 9.17) is 20.4 Å². The van der Waals surface area contributed by atoms with Crippen molar-refractivity contribution in [1.82, 2.24) is 0 Å². The molecule has 2 aromatic carbocycles. The van der Waals surface area contributed by atoms with E-state index in [1.807, 2.05) is 6.92 Å². The Hall–Kier alpha value is -2.44. The molecule has 6 nitrogen and oxygen atoms in total. The molecule has 126 valence electrons. The topological polar surface area (TPSA) is 121 Å². The van der Waals surface area contributed by atoms with Crippen LogP contribution in [0.25, 0.3) is 0 Å². The van der Waals surface area contributed by atoms with Crippen LogP contribution in [-0.4, -0.2) is 30.6 Å². The molecule has 0 amide bonds. The molecule has 23 heavy (non-hydrogen) atoms. The summed E-state index contributed by atoms with van der Waals surface area (Å²) < 4.78 is 0. The Morgan fingerprint density at radius 3 is 1.83 bits per heavy atom. The van der Waals surface area contributed by atoms with E-state index < -0.39 is 0 Å². The van der Waals surface area contributed by atoms with Gasteiger partial charge in [0.1, 0.15) is 0 Å². The largest absolute Gasteiger partial charge is 0.504 e. The van der Waals surface area contributed by atoms with E-state index in [1.54, 1.807) is 19.9 Å². The highest BCUT2D eigenvalue weighted by Gasteiger charge is 2.10. The smallest absolute Gasteiger partial charge is 0.163 e. The molecular formula is C17H22O6. The fourth-order valence-corrected chi connectivity index (χ4v) is 2.10. The predicted molar refractivity (Wildman–Crippen MR) is 85.6 cm³/mol. The summed E-state index contributed by atoms with van der Waals surface area (Å²) in [5, 5.41) is 54.2. The summed E-state index contributed by atoms with van der Waals surface area (Å²) in [5.41, 5.74) is 3.22. The molecule has 0 heterocycles. The summed E-state index contributed by atoms with van der Waals surface area (Å²) in [6.07, 6.45) is 0. The number of phenols is 4. The highest BCUT2D eigenvalue weighted by Crippen LogP contribution is 2.33. The Morgan fingerprint density at radius 2 is 1.30 bits per heavy atom. The number of aryl methyl sites for hydroxylation is 2. The molecule has 0 aromatic heterocycles. The molecule has 2 aromatic rings. The summed E-state index contributed by atoms with van der Waals surface area (Å²) in [4.78, 5) is 0. The normalized spacial score (nSPS) is 10.1. The zero-order valence-corrected chi connectivity index (χ0v) is 13.3. The van der Waals surface area contributed by atoms with Crippen molar-refractivity contribution in [2.75, 3.05) is 0 Å². The average Bonchev–Trinajstić information content (AvgIpc) is 2.50. The fraction of sp³-hybridized carbons (Fsp3) is 0.294. The van der Waals surface area contributed by atoms with E-state index in [0.29, 0.717) is 11.1 Å². The molecule has 0 saturated carbocycles. The van der Waals surface area contributed by atoms with Gasteiger partial charge in [-0.3, -0.25) is 0 Å². The zero-order chi connectivity index (χ0) is 17.7. The molecule has 0 atom stereocenters. The van der Waals surface area contributed by atoms with Crippen LogP contribution in [0.3, 0.4) is 0 Å². The number of hydrogen-bond acceptors (Lipinski definition) is 6. The van der Waals surface area contributed by atoms with Crippen LogP contribution in [0, 0.1) is 20.8 Å². The van der Waals surface area contributed by atoms with Crippen molar-refractivity contribution in [3.05, 3.63) is 46.0 Å². The van der Waals surface area contributed by atoms with E-state index >= 15 is 0 Å². The molecule has 6 N–H and O–H groups in total. The molecule has 2 rings (SSSR count). The third-order valence-electron chi connectivity index (χ3n) is 3.57. The minimum absolute atomic E-state index is 0.179. The molecule has 0 fully saturated rings. The van der Waals surface area contributed by atoms with Gasteiger partial charge < -0.3 is 30.6 Å². The molecule has 0 saturated heterocycles. The van der Waals surface area contributed by atoms with Crippen LogP contribution >= 0.6 is 0 Å². The first kappa shape index (κ1) is 18.6. The van der Waals surface area contributed by atoms with Crippen molar-refractivity contribution in [3.63, 3.8) is 0 Å². The standard InChI is InChI=1S/C9H12O3.C8H10O3/c1-5-3-8(11)9(12)7(4-10)6(5)2;1-5-2-6(4-9)8(11)7(10)3-5/h3,10-12H,4H2,1-2H3;2-3,9-11H,4H2,1H3. The summed E-state index contributed by atoms with van der Waals surface area (Å²) >= 11 is 0.